The van der Waals surface area contributed by atoms with Crippen LogP contribution in [0.25, 0.3) is 10.9 Å². The second-order valence-corrected chi connectivity index (χ2v) is 5.00. The van der Waals surface area contributed by atoms with Gasteiger partial charge in [0.05, 0.1) is 0 Å². The zero-order valence-electron chi connectivity index (χ0n) is 11.9. The Hall–Kier alpha value is -2.56. The van der Waals surface area contributed by atoms with E-state index in [1.807, 2.05) is 12.1 Å². The van der Waals surface area contributed by atoms with Crippen molar-refractivity contribution in [3.63, 3.8) is 0 Å². The van der Waals surface area contributed by atoms with Crippen molar-refractivity contribution in [3.05, 3.63) is 54.0 Å². The number of fused-ring (bicyclic) bond motifs is 1. The van der Waals surface area contributed by atoms with Crippen LogP contribution in [0, 0.1) is 6.92 Å². The van der Waals surface area contributed by atoms with Crippen molar-refractivity contribution in [2.45, 2.75) is 19.9 Å². The number of aryl methyl sites for hydroxylation is 2. The van der Waals surface area contributed by atoms with Crippen molar-refractivity contribution in [2.24, 2.45) is 0 Å². The number of carbonyl (C=O) groups is 1. The smallest absolute Gasteiger partial charge is 0.273 e. The van der Waals surface area contributed by atoms with E-state index in [2.05, 4.69) is 39.4 Å². The Kier molecular flexibility index (Phi) is 3.73. The van der Waals surface area contributed by atoms with Crippen molar-refractivity contribution in [2.75, 3.05) is 6.54 Å². The van der Waals surface area contributed by atoms with E-state index in [9.17, 15) is 4.79 Å². The Balaban J connectivity index is 1.51. The third-order valence-corrected chi connectivity index (χ3v) is 3.40. The summed E-state index contributed by atoms with van der Waals surface area (Å²) in [6.45, 7) is 3.24. The second-order valence-electron chi connectivity index (χ2n) is 5.00. The van der Waals surface area contributed by atoms with E-state index in [4.69, 9.17) is 4.52 Å². The lowest BCUT2D eigenvalue weighted by molar-refractivity contribution is 0.0943. The summed E-state index contributed by atoms with van der Waals surface area (Å²) < 4.78 is 7.08. The molecule has 0 fully saturated rings. The van der Waals surface area contributed by atoms with Gasteiger partial charge in [0, 0.05) is 30.9 Å². The lowest BCUT2D eigenvalue weighted by atomic mass is 10.2. The molecule has 3 rings (SSSR count). The van der Waals surface area contributed by atoms with Crippen molar-refractivity contribution >= 4 is 16.8 Å². The molecular weight excluding hydrogens is 266 g/mol. The van der Waals surface area contributed by atoms with E-state index in [0.29, 0.717) is 18.0 Å². The first-order valence-electron chi connectivity index (χ1n) is 6.99. The molecule has 0 aliphatic carbocycles. The number of nitrogens with zero attached hydrogens (tertiary/aromatic N) is 2. The number of aromatic nitrogens is 2. The average Bonchev–Trinajstić information content (AvgIpc) is 3.10. The maximum atomic E-state index is 11.8. The highest BCUT2D eigenvalue weighted by molar-refractivity contribution is 5.92. The molecule has 1 N–H and O–H groups in total. The summed E-state index contributed by atoms with van der Waals surface area (Å²) in [5.74, 6) is 0.447. The molecule has 5 heteroatoms. The van der Waals surface area contributed by atoms with Crippen LogP contribution in [-0.2, 0) is 6.54 Å². The van der Waals surface area contributed by atoms with Crippen LogP contribution in [0.15, 0.2) is 47.1 Å². The average molecular weight is 283 g/mol. The Morgan fingerprint density at radius 3 is 3.00 bits per heavy atom. The molecule has 5 nitrogen and oxygen atoms in total. The first-order chi connectivity index (χ1) is 10.2. The van der Waals surface area contributed by atoms with Gasteiger partial charge in [-0.2, -0.15) is 0 Å². The zero-order valence-corrected chi connectivity index (χ0v) is 11.9. The second kappa shape index (κ2) is 5.83. The highest BCUT2D eigenvalue weighted by atomic mass is 16.5. The predicted octanol–water partition coefficient (Wildman–Crippen LogP) is 2.76. The lowest BCUT2D eigenvalue weighted by Gasteiger charge is -2.06. The van der Waals surface area contributed by atoms with E-state index in [-0.39, 0.29) is 5.91 Å². The molecule has 108 valence electrons. The number of para-hydroxylation sites is 1. The van der Waals surface area contributed by atoms with Crippen molar-refractivity contribution < 1.29 is 9.32 Å². The largest absolute Gasteiger partial charge is 0.361 e. The molecule has 0 saturated carbocycles. The van der Waals surface area contributed by atoms with E-state index in [0.717, 1.165) is 13.0 Å². The number of nitrogens with one attached hydrogen (secondary N) is 1. The van der Waals surface area contributed by atoms with E-state index in [1.165, 1.54) is 10.9 Å². The van der Waals surface area contributed by atoms with Crippen LogP contribution in [0.3, 0.4) is 0 Å². The van der Waals surface area contributed by atoms with Crippen LogP contribution in [0.5, 0.6) is 0 Å². The molecule has 0 spiro atoms. The van der Waals surface area contributed by atoms with Crippen molar-refractivity contribution in [1.82, 2.24) is 15.0 Å². The molecule has 21 heavy (non-hydrogen) atoms. The first-order valence-corrected chi connectivity index (χ1v) is 6.99. The fourth-order valence-corrected chi connectivity index (χ4v) is 2.35. The zero-order chi connectivity index (χ0) is 14.7. The van der Waals surface area contributed by atoms with E-state index in [1.54, 1.807) is 13.0 Å². The standard InChI is InChI=1S/C16H17N3O2/c1-12-11-14(18-21-12)16(20)17-8-4-9-19-10-7-13-5-2-3-6-15(13)19/h2-3,5-7,10-11H,4,8-9H2,1H3,(H,17,20). The molecule has 2 aromatic heterocycles. The monoisotopic (exact) mass is 283 g/mol. The molecule has 0 bridgehead atoms. The number of hydrogen-bond donors (Lipinski definition) is 1. The fraction of sp³-hybridized carbons (Fsp3) is 0.250. The van der Waals surface area contributed by atoms with Gasteiger partial charge in [-0.05, 0) is 30.9 Å². The molecule has 0 radical (unpaired) electrons. The van der Waals surface area contributed by atoms with Gasteiger partial charge in [0.1, 0.15) is 5.76 Å². The predicted molar refractivity (Wildman–Crippen MR) is 80.1 cm³/mol. The Labute approximate surface area is 122 Å². The molecule has 2 heterocycles. The number of rotatable bonds is 5. The molecule has 3 aromatic rings. The lowest BCUT2D eigenvalue weighted by Crippen LogP contribution is -2.25. The van der Waals surface area contributed by atoms with Gasteiger partial charge in [0.25, 0.3) is 5.91 Å². The summed E-state index contributed by atoms with van der Waals surface area (Å²) in [4.78, 5) is 11.8. The van der Waals surface area contributed by atoms with Gasteiger partial charge in [0.2, 0.25) is 0 Å². The van der Waals surface area contributed by atoms with Crippen molar-refractivity contribution in [3.8, 4) is 0 Å². The molecule has 0 aliphatic rings. The fourth-order valence-electron chi connectivity index (χ4n) is 2.35. The van der Waals surface area contributed by atoms with Gasteiger partial charge in [-0.1, -0.05) is 23.4 Å². The van der Waals surface area contributed by atoms with Gasteiger partial charge in [0.15, 0.2) is 5.69 Å². The van der Waals surface area contributed by atoms with Gasteiger partial charge in [-0.15, -0.1) is 0 Å². The van der Waals surface area contributed by atoms with Crippen LogP contribution in [0.2, 0.25) is 0 Å². The van der Waals surface area contributed by atoms with Crippen LogP contribution in [0.1, 0.15) is 22.7 Å². The van der Waals surface area contributed by atoms with E-state index < -0.39 is 0 Å². The summed E-state index contributed by atoms with van der Waals surface area (Å²) in [5, 5.41) is 7.78. The SMILES string of the molecule is Cc1cc(C(=O)NCCCn2ccc3ccccc32)no1. The summed E-state index contributed by atoms with van der Waals surface area (Å²) in [6.07, 6.45) is 2.94. The quantitative estimate of drug-likeness (QED) is 0.732. The number of carbonyl (C=O) groups excluding carboxylic acids is 1. The number of amides is 1. The third kappa shape index (κ3) is 2.97. The molecule has 0 unspecified atom stereocenters. The van der Waals surface area contributed by atoms with Crippen LogP contribution >= 0.6 is 0 Å². The molecule has 0 saturated heterocycles. The molecule has 0 aliphatic heterocycles. The Bertz CT molecular complexity index is 758. The normalized spacial score (nSPS) is 10.9. The minimum Gasteiger partial charge on any atom is -0.361 e. The minimum atomic E-state index is -0.191. The van der Waals surface area contributed by atoms with Crippen LogP contribution < -0.4 is 5.32 Å². The van der Waals surface area contributed by atoms with Crippen LogP contribution in [-0.4, -0.2) is 22.2 Å². The summed E-state index contributed by atoms with van der Waals surface area (Å²) >= 11 is 0. The maximum absolute atomic E-state index is 11.8. The van der Waals surface area contributed by atoms with Crippen molar-refractivity contribution in [1.29, 1.82) is 0 Å². The molecule has 1 amide bonds. The summed E-state index contributed by atoms with van der Waals surface area (Å²) in [7, 11) is 0. The minimum absolute atomic E-state index is 0.191. The third-order valence-electron chi connectivity index (χ3n) is 3.40. The molecule has 1 aromatic carbocycles. The van der Waals surface area contributed by atoms with E-state index >= 15 is 0 Å². The molecular formula is C16H17N3O2. The van der Waals surface area contributed by atoms with Gasteiger partial charge in [-0.3, -0.25) is 4.79 Å². The number of benzene rings is 1. The first kappa shape index (κ1) is 13.4. The highest BCUT2D eigenvalue weighted by Crippen LogP contribution is 2.15. The topological polar surface area (TPSA) is 60.1 Å². The van der Waals surface area contributed by atoms with Crippen LogP contribution in [0.4, 0.5) is 0 Å². The Morgan fingerprint density at radius 1 is 1.33 bits per heavy atom. The van der Waals surface area contributed by atoms with Gasteiger partial charge >= 0.3 is 0 Å². The summed E-state index contributed by atoms with van der Waals surface area (Å²) in [5.41, 5.74) is 1.55. The highest BCUT2D eigenvalue weighted by Gasteiger charge is 2.09. The summed E-state index contributed by atoms with van der Waals surface area (Å²) in [6, 6.07) is 12.0. The van der Waals surface area contributed by atoms with Gasteiger partial charge < -0.3 is 14.4 Å². The maximum Gasteiger partial charge on any atom is 0.273 e. The number of hydrogen-bond acceptors (Lipinski definition) is 3. The van der Waals surface area contributed by atoms with Gasteiger partial charge in [-0.25, -0.2) is 0 Å². The molecule has 0 atom stereocenters. The Morgan fingerprint density at radius 2 is 2.19 bits per heavy atom.